The molecule has 1 aliphatic carbocycles. The second-order valence-electron chi connectivity index (χ2n) is 5.87. The molecule has 1 fully saturated rings. The van der Waals surface area contributed by atoms with E-state index in [9.17, 15) is 12.8 Å². The van der Waals surface area contributed by atoms with Crippen molar-refractivity contribution in [3.8, 4) is 0 Å². The molecule has 1 unspecified atom stereocenters. The second kappa shape index (κ2) is 9.18. The Kier molecular flexibility index (Phi) is 8.24. The lowest BCUT2D eigenvalue weighted by atomic mass is 9.84. The van der Waals surface area contributed by atoms with Gasteiger partial charge in [-0.1, -0.05) is 36.9 Å². The van der Waals surface area contributed by atoms with E-state index in [2.05, 4.69) is 4.72 Å². The van der Waals surface area contributed by atoms with Gasteiger partial charge in [0.15, 0.2) is 0 Å². The number of benzene rings is 1. The van der Waals surface area contributed by atoms with Crippen molar-refractivity contribution >= 4 is 34.0 Å². The van der Waals surface area contributed by atoms with Crippen molar-refractivity contribution in [1.82, 2.24) is 4.72 Å². The summed E-state index contributed by atoms with van der Waals surface area (Å²) in [5, 5.41) is -0.0737. The van der Waals surface area contributed by atoms with E-state index in [0.717, 1.165) is 25.7 Å². The van der Waals surface area contributed by atoms with Gasteiger partial charge in [-0.3, -0.25) is 0 Å². The van der Waals surface area contributed by atoms with Crippen molar-refractivity contribution in [2.75, 3.05) is 6.54 Å². The van der Waals surface area contributed by atoms with Crippen molar-refractivity contribution in [1.29, 1.82) is 0 Å². The molecule has 0 saturated heterocycles. The van der Waals surface area contributed by atoms with E-state index in [0.29, 0.717) is 11.5 Å². The summed E-state index contributed by atoms with van der Waals surface area (Å²) in [5.74, 6) is -0.487. The van der Waals surface area contributed by atoms with Crippen molar-refractivity contribution < 1.29 is 12.8 Å². The SMILES string of the molecule is Cl.NCC(NS(=O)(=O)Cc1ccc(F)c(Cl)c1)C1CCCCC1. The van der Waals surface area contributed by atoms with Crippen molar-refractivity contribution in [2.45, 2.75) is 43.9 Å². The van der Waals surface area contributed by atoms with Crippen LogP contribution in [0, 0.1) is 11.7 Å². The highest BCUT2D eigenvalue weighted by molar-refractivity contribution is 7.88. The molecule has 0 spiro atoms. The number of nitrogens with one attached hydrogen (secondary N) is 1. The third-order valence-electron chi connectivity index (χ3n) is 4.14. The van der Waals surface area contributed by atoms with Gasteiger partial charge >= 0.3 is 0 Å². The number of hydrogen-bond donors (Lipinski definition) is 2. The lowest BCUT2D eigenvalue weighted by Crippen LogP contribution is -2.46. The summed E-state index contributed by atoms with van der Waals surface area (Å²) in [4.78, 5) is 0. The quantitative estimate of drug-likeness (QED) is 0.790. The number of sulfonamides is 1. The molecule has 0 radical (unpaired) electrons. The Labute approximate surface area is 148 Å². The number of halogens is 3. The topological polar surface area (TPSA) is 72.2 Å². The lowest BCUT2D eigenvalue weighted by Gasteiger charge is -2.29. The Morgan fingerprint density at radius 1 is 1.30 bits per heavy atom. The largest absolute Gasteiger partial charge is 0.329 e. The molecule has 4 nitrogen and oxygen atoms in total. The molecule has 1 saturated carbocycles. The molecule has 0 aromatic heterocycles. The van der Waals surface area contributed by atoms with Crippen LogP contribution < -0.4 is 10.5 Å². The Hall–Kier alpha value is -0.400. The molecule has 23 heavy (non-hydrogen) atoms. The highest BCUT2D eigenvalue weighted by Crippen LogP contribution is 2.27. The summed E-state index contributed by atoms with van der Waals surface area (Å²) in [7, 11) is -3.54. The predicted octanol–water partition coefficient (Wildman–Crippen LogP) is 3.23. The maximum atomic E-state index is 13.1. The third-order valence-corrected chi connectivity index (χ3v) is 5.81. The monoisotopic (exact) mass is 384 g/mol. The lowest BCUT2D eigenvalue weighted by molar-refractivity contribution is 0.294. The van der Waals surface area contributed by atoms with Gasteiger partial charge in [-0.2, -0.15) is 0 Å². The zero-order valence-corrected chi connectivity index (χ0v) is 15.2. The van der Waals surface area contributed by atoms with Crippen molar-refractivity contribution in [3.63, 3.8) is 0 Å². The zero-order chi connectivity index (χ0) is 16.2. The minimum atomic E-state index is -3.54. The Morgan fingerprint density at radius 3 is 2.52 bits per heavy atom. The fourth-order valence-corrected chi connectivity index (χ4v) is 4.65. The van der Waals surface area contributed by atoms with E-state index in [-0.39, 0.29) is 35.8 Å². The third kappa shape index (κ3) is 6.19. The van der Waals surface area contributed by atoms with Gasteiger partial charge < -0.3 is 5.73 Å². The number of nitrogens with two attached hydrogens (primary N) is 1. The average molecular weight is 385 g/mol. The highest BCUT2D eigenvalue weighted by atomic mass is 35.5. The van der Waals surface area contributed by atoms with Gasteiger partial charge in [0.05, 0.1) is 10.8 Å². The maximum Gasteiger partial charge on any atom is 0.216 e. The number of hydrogen-bond acceptors (Lipinski definition) is 3. The molecular formula is C15H23Cl2FN2O2S. The van der Waals surface area contributed by atoms with Crippen LogP contribution in [-0.2, 0) is 15.8 Å². The normalized spacial score (nSPS) is 17.5. The Bertz CT molecular complexity index is 607. The molecule has 1 aromatic carbocycles. The molecule has 0 amide bonds. The van der Waals surface area contributed by atoms with Gasteiger partial charge in [-0.05, 0) is 36.5 Å². The van der Waals surface area contributed by atoms with Crippen LogP contribution in [0.15, 0.2) is 18.2 Å². The molecule has 132 valence electrons. The number of rotatable bonds is 6. The van der Waals surface area contributed by atoms with Crippen LogP contribution in [0.5, 0.6) is 0 Å². The molecule has 2 rings (SSSR count). The molecule has 0 bridgehead atoms. The summed E-state index contributed by atoms with van der Waals surface area (Å²) in [6.07, 6.45) is 5.46. The van der Waals surface area contributed by atoms with E-state index in [1.807, 2.05) is 0 Å². The Morgan fingerprint density at radius 2 is 1.96 bits per heavy atom. The highest BCUT2D eigenvalue weighted by Gasteiger charge is 2.26. The summed E-state index contributed by atoms with van der Waals surface area (Å²) in [5.41, 5.74) is 6.21. The maximum absolute atomic E-state index is 13.1. The zero-order valence-electron chi connectivity index (χ0n) is 12.8. The molecule has 1 atom stereocenters. The first-order chi connectivity index (χ1) is 10.4. The van der Waals surface area contributed by atoms with Gasteiger partial charge in [0.25, 0.3) is 0 Å². The van der Waals surface area contributed by atoms with E-state index in [1.54, 1.807) is 0 Å². The first-order valence-electron chi connectivity index (χ1n) is 7.55. The van der Waals surface area contributed by atoms with Gasteiger partial charge in [-0.15, -0.1) is 12.4 Å². The van der Waals surface area contributed by atoms with Crippen molar-refractivity contribution in [3.05, 3.63) is 34.6 Å². The minimum absolute atomic E-state index is 0. The van der Waals surface area contributed by atoms with Crippen LogP contribution >= 0.6 is 24.0 Å². The minimum Gasteiger partial charge on any atom is -0.329 e. The first-order valence-corrected chi connectivity index (χ1v) is 9.58. The summed E-state index contributed by atoms with van der Waals surface area (Å²) in [6.45, 7) is 0.286. The molecule has 0 heterocycles. The first kappa shape index (κ1) is 20.6. The molecule has 0 aliphatic heterocycles. The van der Waals surface area contributed by atoms with Crippen LogP contribution in [0.1, 0.15) is 37.7 Å². The smallest absolute Gasteiger partial charge is 0.216 e. The van der Waals surface area contributed by atoms with Gasteiger partial charge in [0.1, 0.15) is 5.82 Å². The van der Waals surface area contributed by atoms with Crippen LogP contribution in [0.3, 0.4) is 0 Å². The van der Waals surface area contributed by atoms with Gasteiger partial charge in [-0.25, -0.2) is 17.5 Å². The molecular weight excluding hydrogens is 362 g/mol. The van der Waals surface area contributed by atoms with Crippen molar-refractivity contribution in [2.24, 2.45) is 11.7 Å². The van der Waals surface area contributed by atoms with E-state index < -0.39 is 15.8 Å². The fraction of sp³-hybridized carbons (Fsp3) is 0.600. The fourth-order valence-electron chi connectivity index (χ4n) is 2.99. The molecule has 1 aliphatic rings. The van der Waals surface area contributed by atoms with E-state index in [4.69, 9.17) is 17.3 Å². The van der Waals surface area contributed by atoms with Crippen LogP contribution in [0.25, 0.3) is 0 Å². The molecule has 8 heteroatoms. The predicted molar refractivity (Wildman–Crippen MR) is 93.8 cm³/mol. The summed E-state index contributed by atoms with van der Waals surface area (Å²) in [6, 6.07) is 3.71. The summed E-state index contributed by atoms with van der Waals surface area (Å²) < 4.78 is 40.4. The standard InChI is InChI=1S/C15H22ClFN2O2S.ClH/c16-13-8-11(6-7-14(13)17)10-22(20,21)19-15(9-18)12-4-2-1-3-5-12;/h6-8,12,15,19H,1-5,9-10,18H2;1H. The van der Waals surface area contributed by atoms with Crippen LogP contribution in [0.4, 0.5) is 4.39 Å². The summed E-state index contributed by atoms with van der Waals surface area (Å²) >= 11 is 5.69. The van der Waals surface area contributed by atoms with Crippen LogP contribution in [0.2, 0.25) is 5.02 Å². The van der Waals surface area contributed by atoms with Gasteiger partial charge in [0, 0.05) is 12.6 Å². The van der Waals surface area contributed by atoms with Crippen LogP contribution in [-0.4, -0.2) is 21.0 Å². The second-order valence-corrected chi connectivity index (χ2v) is 8.03. The van der Waals surface area contributed by atoms with Gasteiger partial charge in [0.2, 0.25) is 10.0 Å². The van der Waals surface area contributed by atoms with E-state index >= 15 is 0 Å². The average Bonchev–Trinajstić information content (AvgIpc) is 2.49. The van der Waals surface area contributed by atoms with E-state index in [1.165, 1.54) is 24.6 Å². The Balaban J connectivity index is 0.00000264. The molecule has 1 aromatic rings. The molecule has 3 N–H and O–H groups in total.